The molecule has 40 heavy (non-hydrogen) atoms. The van der Waals surface area contributed by atoms with Crippen LogP contribution in [-0.2, 0) is 5.41 Å². The third-order valence-corrected chi connectivity index (χ3v) is 9.10. The van der Waals surface area contributed by atoms with Gasteiger partial charge < -0.3 is 4.57 Å². The molecule has 0 aliphatic heterocycles. The topological polar surface area (TPSA) is 4.93 Å². The van der Waals surface area contributed by atoms with Gasteiger partial charge in [0.2, 0.25) is 0 Å². The van der Waals surface area contributed by atoms with Crippen molar-refractivity contribution < 1.29 is 0 Å². The Balaban J connectivity index is 1.54. The number of nitrogens with zero attached hydrogens (tertiary/aromatic N) is 1. The Bertz CT molecular complexity index is 1900. The Morgan fingerprint density at radius 2 is 1.10 bits per heavy atom. The first kappa shape index (κ1) is 24.9. The Kier molecular flexibility index (Phi) is 5.42. The van der Waals surface area contributed by atoms with Crippen molar-refractivity contribution in [1.82, 2.24) is 4.57 Å². The molecule has 0 fully saturated rings. The van der Waals surface area contributed by atoms with Crippen molar-refractivity contribution in [2.24, 2.45) is 0 Å². The normalized spacial score (nSPS) is 13.8. The van der Waals surface area contributed by atoms with E-state index in [1.165, 1.54) is 83.0 Å². The first-order chi connectivity index (χ1) is 19.2. The minimum atomic E-state index is -0.0454. The zero-order valence-electron chi connectivity index (χ0n) is 24.7. The van der Waals surface area contributed by atoms with Crippen molar-refractivity contribution in [3.05, 3.63) is 119 Å². The summed E-state index contributed by atoms with van der Waals surface area (Å²) in [4.78, 5) is 0. The Labute approximate surface area is 238 Å². The van der Waals surface area contributed by atoms with E-state index in [0.29, 0.717) is 6.04 Å². The van der Waals surface area contributed by atoms with Gasteiger partial charge in [-0.15, -0.1) is 0 Å². The number of hydrogen-bond donors (Lipinski definition) is 0. The maximum absolute atomic E-state index is 2.52. The highest BCUT2D eigenvalue weighted by atomic mass is 15.0. The first-order valence-electron chi connectivity index (χ1n) is 14.6. The van der Waals surface area contributed by atoms with Gasteiger partial charge in [0.1, 0.15) is 0 Å². The minimum Gasteiger partial charge on any atom is -0.342 e. The van der Waals surface area contributed by atoms with Gasteiger partial charge in [0.25, 0.3) is 0 Å². The standard InChI is InChI=1S/C39H37N/c1-23(2)40-26(5)21-35-38(40)33-17-16-27(22-34(33)39(35,6)7)36-29-12-8-10-14-31(29)37(32-15-11-9-13-30(32)36)28-19-24(3)18-25(4)20-28/h8-23H,1-7H3. The molecule has 1 aliphatic rings. The van der Waals surface area contributed by atoms with Gasteiger partial charge in [-0.2, -0.15) is 0 Å². The summed E-state index contributed by atoms with van der Waals surface area (Å²) in [6, 6.07) is 35.0. The lowest BCUT2D eigenvalue weighted by atomic mass is 9.80. The maximum atomic E-state index is 2.52. The summed E-state index contributed by atoms with van der Waals surface area (Å²) in [6.45, 7) is 16.0. The van der Waals surface area contributed by atoms with Gasteiger partial charge in [-0.05, 0) is 102 Å². The number of aryl methyl sites for hydroxylation is 3. The van der Waals surface area contributed by atoms with Crippen LogP contribution in [0.2, 0.25) is 0 Å². The maximum Gasteiger partial charge on any atom is 0.0529 e. The van der Waals surface area contributed by atoms with Crippen molar-refractivity contribution in [3.63, 3.8) is 0 Å². The molecule has 7 rings (SSSR count). The lowest BCUT2D eigenvalue weighted by Gasteiger charge is -2.23. The molecule has 0 saturated carbocycles. The molecule has 1 aliphatic carbocycles. The predicted molar refractivity (Wildman–Crippen MR) is 172 cm³/mol. The number of aromatic nitrogens is 1. The van der Waals surface area contributed by atoms with E-state index in [0.717, 1.165) is 0 Å². The van der Waals surface area contributed by atoms with Crippen LogP contribution in [0.3, 0.4) is 0 Å². The lowest BCUT2D eigenvalue weighted by Crippen LogP contribution is -2.14. The molecule has 1 heterocycles. The summed E-state index contributed by atoms with van der Waals surface area (Å²) in [5.74, 6) is 0. The summed E-state index contributed by atoms with van der Waals surface area (Å²) >= 11 is 0. The summed E-state index contributed by atoms with van der Waals surface area (Å²) in [7, 11) is 0. The molecular formula is C39H37N. The smallest absolute Gasteiger partial charge is 0.0529 e. The molecule has 6 aromatic rings. The van der Waals surface area contributed by atoms with Gasteiger partial charge >= 0.3 is 0 Å². The molecule has 0 spiro atoms. The highest BCUT2D eigenvalue weighted by Gasteiger charge is 2.39. The second kappa shape index (κ2) is 8.70. The van der Waals surface area contributed by atoms with Crippen molar-refractivity contribution in [2.75, 3.05) is 0 Å². The van der Waals surface area contributed by atoms with Gasteiger partial charge in [0, 0.05) is 22.7 Å². The zero-order chi connectivity index (χ0) is 27.9. The Morgan fingerprint density at radius 1 is 0.575 bits per heavy atom. The fraction of sp³-hybridized carbons (Fsp3) is 0.231. The molecule has 0 unspecified atom stereocenters. The van der Waals surface area contributed by atoms with Gasteiger partial charge in [-0.3, -0.25) is 0 Å². The molecule has 0 N–H and O–H groups in total. The molecule has 0 amide bonds. The fourth-order valence-electron chi connectivity index (χ4n) is 7.51. The van der Waals surface area contributed by atoms with Crippen molar-refractivity contribution in [1.29, 1.82) is 0 Å². The van der Waals surface area contributed by atoms with Crippen LogP contribution in [0.5, 0.6) is 0 Å². The zero-order valence-corrected chi connectivity index (χ0v) is 24.7. The summed E-state index contributed by atoms with van der Waals surface area (Å²) in [5.41, 5.74) is 14.8. The van der Waals surface area contributed by atoms with Crippen LogP contribution < -0.4 is 0 Å². The second-order valence-electron chi connectivity index (χ2n) is 12.6. The third kappa shape index (κ3) is 3.47. The third-order valence-electron chi connectivity index (χ3n) is 9.10. The van der Waals surface area contributed by atoms with Crippen LogP contribution in [0.1, 0.15) is 61.7 Å². The van der Waals surface area contributed by atoms with Crippen molar-refractivity contribution >= 4 is 21.5 Å². The molecule has 5 aromatic carbocycles. The number of rotatable bonds is 3. The van der Waals surface area contributed by atoms with E-state index >= 15 is 0 Å². The molecular weight excluding hydrogens is 482 g/mol. The van der Waals surface area contributed by atoms with Crippen LogP contribution >= 0.6 is 0 Å². The quantitative estimate of drug-likeness (QED) is 0.205. The molecule has 0 saturated heterocycles. The number of benzene rings is 5. The highest BCUT2D eigenvalue weighted by molar-refractivity contribution is 6.21. The van der Waals surface area contributed by atoms with E-state index in [1.807, 2.05) is 0 Å². The van der Waals surface area contributed by atoms with Gasteiger partial charge in [0.05, 0.1) is 5.69 Å². The summed E-state index contributed by atoms with van der Waals surface area (Å²) in [5, 5.41) is 5.24. The van der Waals surface area contributed by atoms with Crippen LogP contribution in [0.25, 0.3) is 55.1 Å². The summed E-state index contributed by atoms with van der Waals surface area (Å²) < 4.78 is 2.52. The van der Waals surface area contributed by atoms with Crippen LogP contribution in [-0.4, -0.2) is 4.57 Å². The van der Waals surface area contributed by atoms with E-state index in [4.69, 9.17) is 0 Å². The molecule has 1 nitrogen and oxygen atoms in total. The van der Waals surface area contributed by atoms with E-state index in [9.17, 15) is 0 Å². The molecule has 1 aromatic heterocycles. The SMILES string of the molecule is Cc1cc(C)cc(-c2c3ccccc3c(-c3ccc4c(c3)C(C)(C)c3cc(C)n(C(C)C)c3-4)c3ccccc23)c1. The number of fused-ring (bicyclic) bond motifs is 5. The summed E-state index contributed by atoms with van der Waals surface area (Å²) in [6.07, 6.45) is 0. The molecule has 1 heteroatoms. The monoisotopic (exact) mass is 519 g/mol. The van der Waals surface area contributed by atoms with Gasteiger partial charge in [-0.25, -0.2) is 0 Å². The van der Waals surface area contributed by atoms with E-state index in [2.05, 4.69) is 144 Å². The Hall–Kier alpha value is -4.10. The molecule has 0 bridgehead atoms. The molecule has 198 valence electrons. The van der Waals surface area contributed by atoms with Crippen LogP contribution in [0.15, 0.2) is 91.0 Å². The van der Waals surface area contributed by atoms with Crippen molar-refractivity contribution in [2.45, 2.75) is 59.9 Å². The highest BCUT2D eigenvalue weighted by Crippen LogP contribution is 2.53. The lowest BCUT2D eigenvalue weighted by molar-refractivity contribution is 0.594. The van der Waals surface area contributed by atoms with Crippen LogP contribution in [0, 0.1) is 20.8 Å². The van der Waals surface area contributed by atoms with E-state index < -0.39 is 0 Å². The average Bonchev–Trinajstić information content (AvgIpc) is 3.37. The van der Waals surface area contributed by atoms with Crippen LogP contribution in [0.4, 0.5) is 0 Å². The molecule has 0 atom stereocenters. The average molecular weight is 520 g/mol. The van der Waals surface area contributed by atoms with E-state index in [1.54, 1.807) is 0 Å². The second-order valence-corrected chi connectivity index (χ2v) is 12.6. The number of hydrogen-bond acceptors (Lipinski definition) is 0. The van der Waals surface area contributed by atoms with Gasteiger partial charge in [0.15, 0.2) is 0 Å². The Morgan fingerprint density at radius 3 is 1.62 bits per heavy atom. The molecule has 0 radical (unpaired) electrons. The fourth-order valence-corrected chi connectivity index (χ4v) is 7.51. The van der Waals surface area contributed by atoms with E-state index in [-0.39, 0.29) is 5.41 Å². The van der Waals surface area contributed by atoms with Crippen molar-refractivity contribution in [3.8, 4) is 33.5 Å². The predicted octanol–water partition coefficient (Wildman–Crippen LogP) is 10.9. The first-order valence-corrected chi connectivity index (χ1v) is 14.6. The minimum absolute atomic E-state index is 0.0454. The van der Waals surface area contributed by atoms with Gasteiger partial charge in [-0.1, -0.05) is 104 Å². The largest absolute Gasteiger partial charge is 0.342 e.